The number of aromatic nitrogens is 2. The molecule has 0 aliphatic carbocycles. The van der Waals surface area contributed by atoms with E-state index in [4.69, 9.17) is 11.6 Å². The van der Waals surface area contributed by atoms with Crippen LogP contribution in [0.15, 0.2) is 9.69 Å². The fourth-order valence-corrected chi connectivity index (χ4v) is 5.83. The molecule has 1 unspecified atom stereocenters. The number of likely N-dealkylation sites (N-methyl/N-ethyl adjacent to an activating group) is 1. The van der Waals surface area contributed by atoms with E-state index in [2.05, 4.69) is 21.8 Å². The molecule has 1 atom stereocenters. The molecule has 0 spiro atoms. The molecule has 134 valence electrons. The van der Waals surface area contributed by atoms with E-state index in [1.165, 1.54) is 14.5 Å². The molecule has 1 aromatic carbocycles. The van der Waals surface area contributed by atoms with E-state index in [0.717, 1.165) is 31.8 Å². The Bertz CT molecular complexity index is 937. The highest BCUT2D eigenvalue weighted by Gasteiger charge is 2.33. The van der Waals surface area contributed by atoms with Crippen LogP contribution in [0.3, 0.4) is 0 Å². The first-order valence-corrected chi connectivity index (χ1v) is 10.4. The number of anilines is 1. The smallest absolute Gasteiger partial charge is 0.350 e. The van der Waals surface area contributed by atoms with Crippen LogP contribution in [0, 0.1) is 12.7 Å². The number of hydrogen-bond acceptors (Lipinski definition) is 5. The van der Waals surface area contributed by atoms with Gasteiger partial charge in [-0.1, -0.05) is 11.6 Å². The molecule has 4 rings (SSSR count). The van der Waals surface area contributed by atoms with Gasteiger partial charge in [0.1, 0.15) is 11.6 Å². The lowest BCUT2D eigenvalue weighted by molar-refractivity contribution is 0.263. The van der Waals surface area contributed by atoms with Crippen molar-refractivity contribution >= 4 is 62.9 Å². The zero-order valence-electron chi connectivity index (χ0n) is 13.9. The van der Waals surface area contributed by atoms with Crippen LogP contribution in [0.5, 0.6) is 0 Å². The third-order valence-electron chi connectivity index (χ3n) is 4.97. The molecular formula is C16H17ClFIN4OS. The minimum absolute atomic E-state index is 0.266. The molecule has 1 saturated heterocycles. The molecule has 1 fully saturated rings. The van der Waals surface area contributed by atoms with E-state index in [1.54, 1.807) is 6.92 Å². The lowest BCUT2D eigenvalue weighted by Gasteiger charge is -2.42. The molecule has 2 aliphatic rings. The summed E-state index contributed by atoms with van der Waals surface area (Å²) in [5.41, 5.74) is 0.581. The maximum atomic E-state index is 15.0. The van der Waals surface area contributed by atoms with Gasteiger partial charge in [-0.05, 0) is 20.4 Å². The second-order valence-electron chi connectivity index (χ2n) is 6.55. The van der Waals surface area contributed by atoms with Crippen LogP contribution >= 0.6 is 46.2 Å². The van der Waals surface area contributed by atoms with Gasteiger partial charge in [-0.15, -0.1) is 11.8 Å². The normalized spacial score (nSPS) is 21.2. The molecule has 2 aromatic rings. The lowest BCUT2D eigenvalue weighted by atomic mass is 10.1. The standard InChI is InChI=1S/C16H17ClFIN4OS/c1-8-11(17)13-10-14(12(8)18)25-6-3-9-7-21(2)4-5-22(9)15(10)20-16(24)23(13)19/h9H,3-7H2,1-2H3. The van der Waals surface area contributed by atoms with Gasteiger partial charge in [0, 0.05) is 37.0 Å². The summed E-state index contributed by atoms with van der Waals surface area (Å²) in [4.78, 5) is 21.8. The minimum atomic E-state index is -0.370. The van der Waals surface area contributed by atoms with Crippen molar-refractivity contribution in [3.05, 3.63) is 26.9 Å². The van der Waals surface area contributed by atoms with E-state index >= 15 is 0 Å². The van der Waals surface area contributed by atoms with E-state index < -0.39 is 0 Å². The van der Waals surface area contributed by atoms with E-state index in [0.29, 0.717) is 32.2 Å². The summed E-state index contributed by atoms with van der Waals surface area (Å²) in [5, 5.41) is 0.958. The third kappa shape index (κ3) is 2.76. The molecule has 1 aromatic heterocycles. The maximum absolute atomic E-state index is 15.0. The Labute approximate surface area is 168 Å². The Morgan fingerprint density at radius 3 is 2.92 bits per heavy atom. The Kier molecular flexibility index (Phi) is 4.66. The van der Waals surface area contributed by atoms with E-state index in [1.807, 2.05) is 22.9 Å². The first-order valence-electron chi connectivity index (χ1n) is 8.08. The van der Waals surface area contributed by atoms with Gasteiger partial charge in [0.2, 0.25) is 0 Å². The Balaban J connectivity index is 2.10. The molecule has 3 heterocycles. The molecule has 0 bridgehead atoms. The first kappa shape index (κ1) is 17.8. The van der Waals surface area contributed by atoms with Crippen LogP contribution in [0.4, 0.5) is 10.2 Å². The monoisotopic (exact) mass is 494 g/mol. The van der Waals surface area contributed by atoms with Crippen LogP contribution in [0.2, 0.25) is 5.02 Å². The minimum Gasteiger partial charge on any atom is -0.350 e. The third-order valence-corrected chi connectivity index (χ3v) is 7.44. The van der Waals surface area contributed by atoms with Crippen molar-refractivity contribution in [1.29, 1.82) is 0 Å². The summed E-state index contributed by atoms with van der Waals surface area (Å²) in [6.07, 6.45) is 0.923. The lowest BCUT2D eigenvalue weighted by Crippen LogP contribution is -2.53. The molecule has 0 saturated carbocycles. The van der Waals surface area contributed by atoms with Gasteiger partial charge in [-0.25, -0.2) is 12.0 Å². The number of benzene rings is 1. The fourth-order valence-electron chi connectivity index (χ4n) is 3.63. The molecular weight excluding hydrogens is 478 g/mol. The second-order valence-corrected chi connectivity index (χ2v) is 9.00. The number of thioether (sulfide) groups is 1. The first-order chi connectivity index (χ1) is 11.9. The van der Waals surface area contributed by atoms with Crippen LogP contribution in [-0.4, -0.2) is 51.1 Å². The van der Waals surface area contributed by atoms with Gasteiger partial charge >= 0.3 is 5.69 Å². The molecule has 2 aliphatic heterocycles. The van der Waals surface area contributed by atoms with Crippen molar-refractivity contribution in [2.45, 2.75) is 24.3 Å². The van der Waals surface area contributed by atoms with Gasteiger partial charge < -0.3 is 9.80 Å². The Morgan fingerprint density at radius 1 is 1.40 bits per heavy atom. The number of hydrogen-bond donors (Lipinski definition) is 0. The highest BCUT2D eigenvalue weighted by molar-refractivity contribution is 14.1. The van der Waals surface area contributed by atoms with Crippen LogP contribution in [0.1, 0.15) is 12.0 Å². The average molecular weight is 495 g/mol. The quantitative estimate of drug-likeness (QED) is 0.526. The summed E-state index contributed by atoms with van der Waals surface area (Å²) in [6, 6.07) is 0.266. The van der Waals surface area contributed by atoms with Crippen LogP contribution in [0.25, 0.3) is 10.9 Å². The van der Waals surface area contributed by atoms with Crippen molar-refractivity contribution in [1.82, 2.24) is 12.7 Å². The number of piperazine rings is 1. The maximum Gasteiger partial charge on any atom is 0.359 e. The van der Waals surface area contributed by atoms with Crippen molar-refractivity contribution in [3.8, 4) is 0 Å². The Hall–Kier alpha value is -0.580. The van der Waals surface area contributed by atoms with Crippen molar-refractivity contribution in [3.63, 3.8) is 0 Å². The number of halogens is 3. The van der Waals surface area contributed by atoms with Gasteiger partial charge in [-0.2, -0.15) is 4.98 Å². The topological polar surface area (TPSA) is 41.4 Å². The Morgan fingerprint density at radius 2 is 2.16 bits per heavy atom. The van der Waals surface area contributed by atoms with Crippen LogP contribution < -0.4 is 10.6 Å². The summed E-state index contributed by atoms with van der Waals surface area (Å²) in [5.74, 6) is 1.10. The van der Waals surface area contributed by atoms with Gasteiger partial charge in [0.05, 0.1) is 43.7 Å². The van der Waals surface area contributed by atoms with Gasteiger partial charge in [0.25, 0.3) is 0 Å². The number of rotatable bonds is 0. The summed E-state index contributed by atoms with van der Waals surface area (Å²) >= 11 is 9.86. The van der Waals surface area contributed by atoms with Gasteiger partial charge in [-0.3, -0.25) is 0 Å². The molecule has 0 amide bonds. The summed E-state index contributed by atoms with van der Waals surface area (Å²) in [7, 11) is 2.10. The van der Waals surface area contributed by atoms with E-state index in [9.17, 15) is 9.18 Å². The molecule has 0 N–H and O–H groups in total. The van der Waals surface area contributed by atoms with Crippen LogP contribution in [-0.2, 0) is 0 Å². The zero-order valence-corrected chi connectivity index (χ0v) is 17.6. The largest absolute Gasteiger partial charge is 0.359 e. The molecule has 9 heteroatoms. The number of nitrogens with zero attached hydrogens (tertiary/aromatic N) is 4. The van der Waals surface area contributed by atoms with Crippen molar-refractivity contribution in [2.75, 3.05) is 37.3 Å². The average Bonchev–Trinajstić information content (AvgIpc) is 2.57. The molecule has 25 heavy (non-hydrogen) atoms. The highest BCUT2D eigenvalue weighted by Crippen LogP contribution is 2.44. The highest BCUT2D eigenvalue weighted by atomic mass is 127. The fraction of sp³-hybridized carbons (Fsp3) is 0.500. The number of fused-ring (bicyclic) bond motifs is 2. The summed E-state index contributed by atoms with van der Waals surface area (Å²) in [6.45, 7) is 4.23. The van der Waals surface area contributed by atoms with Crippen molar-refractivity contribution < 1.29 is 4.39 Å². The second kappa shape index (κ2) is 6.54. The predicted molar refractivity (Wildman–Crippen MR) is 109 cm³/mol. The molecule has 5 nitrogen and oxygen atoms in total. The predicted octanol–water partition coefficient (Wildman–Crippen LogP) is 3.31. The SMILES string of the molecule is Cc1c(F)c2c3c(nc(=O)n(I)c3c1Cl)N1CCN(C)CC1CCS2. The molecule has 0 radical (unpaired) electrons. The van der Waals surface area contributed by atoms with Crippen molar-refractivity contribution in [2.24, 2.45) is 0 Å². The van der Waals surface area contributed by atoms with Gasteiger partial charge in [0.15, 0.2) is 0 Å². The summed E-state index contributed by atoms with van der Waals surface area (Å²) < 4.78 is 16.4. The zero-order chi connectivity index (χ0) is 17.9. The van der Waals surface area contributed by atoms with E-state index in [-0.39, 0.29) is 17.5 Å².